The maximum atomic E-state index is 13.2. The van der Waals surface area contributed by atoms with Crippen LogP contribution < -0.4 is 0 Å². The molecule has 114 valence electrons. The summed E-state index contributed by atoms with van der Waals surface area (Å²) in [5.74, 6) is -1.12. The Labute approximate surface area is 131 Å². The van der Waals surface area contributed by atoms with Crippen LogP contribution in [-0.4, -0.2) is 36.5 Å². The molecule has 0 spiro atoms. The summed E-state index contributed by atoms with van der Waals surface area (Å²) in [6.45, 7) is 3.06. The van der Waals surface area contributed by atoms with Gasteiger partial charge >= 0.3 is 5.97 Å². The molecule has 2 rings (SSSR count). The molecule has 0 N–H and O–H groups in total. The predicted molar refractivity (Wildman–Crippen MR) is 79.4 cm³/mol. The van der Waals surface area contributed by atoms with E-state index in [0.717, 1.165) is 12.8 Å². The number of benzene rings is 1. The smallest absolute Gasteiger partial charge is 0.310 e. The number of carbonyl (C=O) groups is 2. The van der Waals surface area contributed by atoms with E-state index in [0.29, 0.717) is 25.3 Å². The summed E-state index contributed by atoms with van der Waals surface area (Å²) in [6.07, 6.45) is 1.49. The number of likely N-dealkylation sites (tertiary alicyclic amines) is 1. The molecule has 21 heavy (non-hydrogen) atoms. The summed E-state index contributed by atoms with van der Waals surface area (Å²) in [7, 11) is 0. The molecule has 1 aromatic carbocycles. The van der Waals surface area contributed by atoms with Crippen LogP contribution in [-0.2, 0) is 9.53 Å². The molecule has 0 aliphatic carbocycles. The topological polar surface area (TPSA) is 46.6 Å². The number of hydrogen-bond donors (Lipinski definition) is 0. The number of esters is 1. The molecule has 1 fully saturated rings. The van der Waals surface area contributed by atoms with E-state index in [1.165, 1.54) is 18.2 Å². The van der Waals surface area contributed by atoms with E-state index >= 15 is 0 Å². The normalized spacial score (nSPS) is 18.4. The Morgan fingerprint density at radius 2 is 2.24 bits per heavy atom. The molecule has 1 saturated heterocycles. The van der Waals surface area contributed by atoms with Gasteiger partial charge in [-0.2, -0.15) is 0 Å². The van der Waals surface area contributed by atoms with Gasteiger partial charge in [0.1, 0.15) is 5.82 Å². The van der Waals surface area contributed by atoms with Crippen LogP contribution in [0.2, 0.25) is 0 Å². The highest BCUT2D eigenvalue weighted by Gasteiger charge is 2.29. The zero-order valence-corrected chi connectivity index (χ0v) is 13.4. The third-order valence-electron chi connectivity index (χ3n) is 3.50. The fourth-order valence-corrected chi connectivity index (χ4v) is 2.80. The van der Waals surface area contributed by atoms with Gasteiger partial charge in [0.25, 0.3) is 5.91 Å². The average Bonchev–Trinajstić information content (AvgIpc) is 2.49. The van der Waals surface area contributed by atoms with Gasteiger partial charge in [0.15, 0.2) is 0 Å². The van der Waals surface area contributed by atoms with E-state index in [-0.39, 0.29) is 22.3 Å². The van der Waals surface area contributed by atoms with Crippen molar-refractivity contribution in [2.45, 2.75) is 19.8 Å². The SMILES string of the molecule is CCOC(=O)[C@H]1CCCN(C(=O)c2ccc(F)c(Br)c2)C1. The minimum atomic E-state index is -0.408. The van der Waals surface area contributed by atoms with Crippen LogP contribution in [0.4, 0.5) is 4.39 Å². The van der Waals surface area contributed by atoms with Gasteiger partial charge in [-0.25, -0.2) is 4.39 Å². The van der Waals surface area contributed by atoms with Crippen molar-refractivity contribution < 1.29 is 18.7 Å². The van der Waals surface area contributed by atoms with Crippen molar-refractivity contribution in [3.8, 4) is 0 Å². The first-order valence-electron chi connectivity index (χ1n) is 6.94. The lowest BCUT2D eigenvalue weighted by Crippen LogP contribution is -2.42. The van der Waals surface area contributed by atoms with E-state index in [1.807, 2.05) is 0 Å². The van der Waals surface area contributed by atoms with Gasteiger partial charge in [-0.15, -0.1) is 0 Å². The Hall–Kier alpha value is -1.43. The van der Waals surface area contributed by atoms with Crippen LogP contribution >= 0.6 is 15.9 Å². The summed E-state index contributed by atoms with van der Waals surface area (Å²) in [4.78, 5) is 25.8. The molecule has 0 unspecified atom stereocenters. The van der Waals surface area contributed by atoms with Crippen LogP contribution in [0.1, 0.15) is 30.1 Å². The number of amides is 1. The molecular formula is C15H17BrFNO3. The third-order valence-corrected chi connectivity index (χ3v) is 4.10. The molecule has 6 heteroatoms. The van der Waals surface area contributed by atoms with Gasteiger partial charge in [-0.1, -0.05) is 0 Å². The molecule has 1 aliphatic heterocycles. The first-order chi connectivity index (χ1) is 10.0. The van der Waals surface area contributed by atoms with Crippen LogP contribution in [0.5, 0.6) is 0 Å². The van der Waals surface area contributed by atoms with Crippen LogP contribution in [0, 0.1) is 11.7 Å². The molecule has 0 aromatic heterocycles. The van der Waals surface area contributed by atoms with Crippen molar-refractivity contribution in [3.05, 3.63) is 34.1 Å². The van der Waals surface area contributed by atoms with Gasteiger partial charge in [-0.05, 0) is 53.9 Å². The Morgan fingerprint density at radius 3 is 2.90 bits per heavy atom. The fourth-order valence-electron chi connectivity index (χ4n) is 2.43. The number of ether oxygens (including phenoxy) is 1. The van der Waals surface area contributed by atoms with Crippen LogP contribution in [0.25, 0.3) is 0 Å². The van der Waals surface area contributed by atoms with Crippen molar-refractivity contribution in [2.75, 3.05) is 19.7 Å². The highest BCUT2D eigenvalue weighted by molar-refractivity contribution is 9.10. The summed E-state index contributed by atoms with van der Waals surface area (Å²) in [6, 6.07) is 4.17. The lowest BCUT2D eigenvalue weighted by Gasteiger charge is -2.31. The van der Waals surface area contributed by atoms with Crippen molar-refractivity contribution in [1.82, 2.24) is 4.90 Å². The predicted octanol–water partition coefficient (Wildman–Crippen LogP) is 3.00. The number of rotatable bonds is 3. The zero-order chi connectivity index (χ0) is 15.4. The highest BCUT2D eigenvalue weighted by atomic mass is 79.9. The fraction of sp³-hybridized carbons (Fsp3) is 0.467. The first kappa shape index (κ1) is 15.9. The molecule has 0 radical (unpaired) electrons. The van der Waals surface area contributed by atoms with Gasteiger partial charge in [0.05, 0.1) is 17.0 Å². The second kappa shape index (κ2) is 7.02. The number of nitrogens with zero attached hydrogens (tertiary/aromatic N) is 1. The lowest BCUT2D eigenvalue weighted by atomic mass is 9.97. The second-order valence-electron chi connectivity index (χ2n) is 4.97. The van der Waals surface area contributed by atoms with Crippen LogP contribution in [0.3, 0.4) is 0 Å². The maximum Gasteiger partial charge on any atom is 0.310 e. The monoisotopic (exact) mass is 357 g/mol. The van der Waals surface area contributed by atoms with Gasteiger partial charge in [0.2, 0.25) is 0 Å². The Kier molecular flexibility index (Phi) is 5.33. The van der Waals surface area contributed by atoms with Crippen molar-refractivity contribution in [1.29, 1.82) is 0 Å². The van der Waals surface area contributed by atoms with Crippen molar-refractivity contribution >= 4 is 27.8 Å². The second-order valence-corrected chi connectivity index (χ2v) is 5.83. The molecule has 1 heterocycles. The van der Waals surface area contributed by atoms with Gasteiger partial charge in [0, 0.05) is 18.7 Å². The minimum Gasteiger partial charge on any atom is -0.466 e. The van der Waals surface area contributed by atoms with E-state index < -0.39 is 5.82 Å². The van der Waals surface area contributed by atoms with Gasteiger partial charge in [-0.3, -0.25) is 9.59 Å². The van der Waals surface area contributed by atoms with E-state index in [1.54, 1.807) is 11.8 Å². The summed E-state index contributed by atoms with van der Waals surface area (Å²) < 4.78 is 18.5. The van der Waals surface area contributed by atoms with Crippen LogP contribution in [0.15, 0.2) is 22.7 Å². The lowest BCUT2D eigenvalue weighted by molar-refractivity contribution is -0.149. The summed E-state index contributed by atoms with van der Waals surface area (Å²) in [5.41, 5.74) is 0.410. The molecule has 1 atom stereocenters. The highest BCUT2D eigenvalue weighted by Crippen LogP contribution is 2.22. The van der Waals surface area contributed by atoms with E-state index in [4.69, 9.17) is 4.74 Å². The molecule has 1 amide bonds. The average molecular weight is 358 g/mol. The first-order valence-corrected chi connectivity index (χ1v) is 7.73. The number of hydrogen-bond acceptors (Lipinski definition) is 3. The number of halogens is 2. The minimum absolute atomic E-state index is 0.190. The summed E-state index contributed by atoms with van der Waals surface area (Å²) >= 11 is 3.07. The molecule has 4 nitrogen and oxygen atoms in total. The van der Waals surface area contributed by atoms with E-state index in [2.05, 4.69) is 15.9 Å². The quantitative estimate of drug-likeness (QED) is 0.781. The molecule has 0 saturated carbocycles. The largest absolute Gasteiger partial charge is 0.466 e. The zero-order valence-electron chi connectivity index (χ0n) is 11.8. The Bertz CT molecular complexity index is 550. The summed E-state index contributed by atoms with van der Waals surface area (Å²) in [5, 5.41) is 0. The third kappa shape index (κ3) is 3.81. The molecule has 1 aliphatic rings. The van der Waals surface area contributed by atoms with Crippen molar-refractivity contribution in [3.63, 3.8) is 0 Å². The molecule has 1 aromatic rings. The van der Waals surface area contributed by atoms with Gasteiger partial charge < -0.3 is 9.64 Å². The number of carbonyl (C=O) groups excluding carboxylic acids is 2. The van der Waals surface area contributed by atoms with E-state index in [9.17, 15) is 14.0 Å². The standard InChI is InChI=1S/C15H17BrFNO3/c1-2-21-15(20)11-4-3-7-18(9-11)14(19)10-5-6-13(17)12(16)8-10/h5-6,8,11H,2-4,7,9H2,1H3/t11-/m0/s1. The Balaban J connectivity index is 2.08. The maximum absolute atomic E-state index is 13.2. The van der Waals surface area contributed by atoms with Crippen molar-refractivity contribution in [2.24, 2.45) is 5.92 Å². The number of piperidine rings is 1. The molecule has 0 bridgehead atoms. The Morgan fingerprint density at radius 1 is 1.48 bits per heavy atom. The molecular weight excluding hydrogens is 341 g/mol.